The number of hydrogen-bond acceptors (Lipinski definition) is 7. The maximum atomic E-state index is 13.5. The molecule has 0 radical (unpaired) electrons. The van der Waals surface area contributed by atoms with Gasteiger partial charge in [-0.05, 0) is 29.2 Å². The average molecular weight is 471 g/mol. The Balaban J connectivity index is 1.20. The summed E-state index contributed by atoms with van der Waals surface area (Å²) in [4.78, 5) is 52.5. The molecule has 35 heavy (non-hydrogen) atoms. The van der Waals surface area contributed by atoms with Gasteiger partial charge in [0.15, 0.2) is 12.4 Å². The molecule has 2 heterocycles. The Labute approximate surface area is 200 Å². The summed E-state index contributed by atoms with van der Waals surface area (Å²) < 4.78 is 9.90. The zero-order valence-corrected chi connectivity index (χ0v) is 18.8. The monoisotopic (exact) mass is 471 g/mol. The summed E-state index contributed by atoms with van der Waals surface area (Å²) in [6, 6.07) is 17.4. The minimum Gasteiger partial charge on any atom is -0.454 e. The Morgan fingerprint density at radius 1 is 0.943 bits per heavy atom. The van der Waals surface area contributed by atoms with Crippen LogP contribution in [-0.2, 0) is 23.9 Å². The van der Waals surface area contributed by atoms with Gasteiger partial charge in [-0.15, -0.1) is 0 Å². The fourth-order valence-electron chi connectivity index (χ4n) is 5.82. The average Bonchev–Trinajstić information content (AvgIpc) is 3.38. The second-order valence-corrected chi connectivity index (χ2v) is 9.06. The Kier molecular flexibility index (Phi) is 4.80. The molecule has 176 valence electrons. The molecule has 3 aromatic rings. The van der Waals surface area contributed by atoms with Crippen molar-refractivity contribution in [3.63, 3.8) is 0 Å². The molecule has 2 aromatic carbocycles. The number of ether oxygens (including phenoxy) is 1. The van der Waals surface area contributed by atoms with Crippen molar-refractivity contribution >= 4 is 29.5 Å². The lowest BCUT2D eigenvalue weighted by atomic mass is 9.55. The van der Waals surface area contributed by atoms with Gasteiger partial charge in [-0.25, -0.2) is 0 Å². The molecule has 0 spiro atoms. The van der Waals surface area contributed by atoms with E-state index < -0.39 is 36.9 Å². The lowest BCUT2D eigenvalue weighted by Gasteiger charge is -2.45. The molecule has 1 N–H and O–H groups in total. The number of rotatable bonds is 5. The Bertz CT molecular complexity index is 1280. The van der Waals surface area contributed by atoms with Gasteiger partial charge in [0.05, 0.1) is 11.8 Å². The molecular weight excluding hydrogens is 450 g/mol. The number of anilines is 1. The molecule has 3 amide bonds. The molecular formula is C26H21N3O6. The number of carbonyl (C=O) groups is 4. The number of nitrogens with zero attached hydrogens (tertiary/aromatic N) is 2. The summed E-state index contributed by atoms with van der Waals surface area (Å²) in [5, 5.41) is 6.08. The summed E-state index contributed by atoms with van der Waals surface area (Å²) in [6.07, 6.45) is 0. The van der Waals surface area contributed by atoms with E-state index in [1.165, 1.54) is 6.07 Å². The second kappa shape index (κ2) is 7.90. The van der Waals surface area contributed by atoms with E-state index in [0.717, 1.165) is 27.2 Å². The smallest absolute Gasteiger partial charge is 0.326 e. The van der Waals surface area contributed by atoms with Gasteiger partial charge in [-0.1, -0.05) is 53.7 Å². The molecule has 0 saturated carbocycles. The summed E-state index contributed by atoms with van der Waals surface area (Å²) in [5.74, 6) is -3.10. The van der Waals surface area contributed by atoms with Crippen molar-refractivity contribution in [2.24, 2.45) is 11.8 Å². The molecule has 9 heteroatoms. The molecule has 1 aromatic heterocycles. The zero-order chi connectivity index (χ0) is 24.3. The van der Waals surface area contributed by atoms with Crippen LogP contribution in [-0.4, -0.2) is 46.9 Å². The van der Waals surface area contributed by atoms with Gasteiger partial charge in [0, 0.05) is 17.9 Å². The fourth-order valence-corrected chi connectivity index (χ4v) is 5.82. The first-order valence-corrected chi connectivity index (χ1v) is 11.4. The first-order chi connectivity index (χ1) is 16.9. The van der Waals surface area contributed by atoms with Crippen molar-refractivity contribution in [3.8, 4) is 0 Å². The first kappa shape index (κ1) is 21.3. The molecule has 3 aliphatic carbocycles. The van der Waals surface area contributed by atoms with Crippen molar-refractivity contribution in [2.75, 3.05) is 18.5 Å². The number of amides is 3. The minimum atomic E-state index is -0.834. The number of likely N-dealkylation sites (tertiary alicyclic amines) is 1. The SMILES string of the molecule is Cc1cc(NC(=O)COC(=O)CN2C(=O)[C@@H]3C4c5ccccc5C(c5ccccc54)[C@@H]3C2=O)no1. The summed E-state index contributed by atoms with van der Waals surface area (Å²) >= 11 is 0. The highest BCUT2D eigenvalue weighted by molar-refractivity contribution is 6.09. The number of carbonyl (C=O) groups excluding carboxylic acids is 4. The van der Waals surface area contributed by atoms with Gasteiger partial charge in [0.25, 0.3) is 5.91 Å². The second-order valence-electron chi connectivity index (χ2n) is 9.06. The third kappa shape index (κ3) is 3.26. The summed E-state index contributed by atoms with van der Waals surface area (Å²) in [7, 11) is 0. The Hall–Kier alpha value is -4.27. The maximum Gasteiger partial charge on any atom is 0.326 e. The van der Waals surface area contributed by atoms with Crippen LogP contribution in [0, 0.1) is 18.8 Å². The van der Waals surface area contributed by atoms with E-state index in [-0.39, 0.29) is 29.5 Å². The quantitative estimate of drug-likeness (QED) is 0.448. The van der Waals surface area contributed by atoms with Gasteiger partial charge in [-0.2, -0.15) is 0 Å². The van der Waals surface area contributed by atoms with Crippen molar-refractivity contribution in [2.45, 2.75) is 18.8 Å². The molecule has 2 bridgehead atoms. The fraction of sp³-hybridized carbons (Fsp3) is 0.269. The predicted octanol–water partition coefficient (Wildman–Crippen LogP) is 2.36. The van der Waals surface area contributed by atoms with Gasteiger partial charge < -0.3 is 14.6 Å². The van der Waals surface area contributed by atoms with E-state index in [2.05, 4.69) is 10.5 Å². The minimum absolute atomic E-state index is 0.201. The molecule has 1 aliphatic heterocycles. The van der Waals surface area contributed by atoms with Crippen LogP contribution in [0.2, 0.25) is 0 Å². The van der Waals surface area contributed by atoms with Crippen molar-refractivity contribution in [1.29, 1.82) is 0 Å². The first-order valence-electron chi connectivity index (χ1n) is 11.4. The van der Waals surface area contributed by atoms with Crippen LogP contribution in [0.15, 0.2) is 59.1 Å². The Morgan fingerprint density at radius 2 is 1.46 bits per heavy atom. The lowest BCUT2D eigenvalue weighted by molar-refractivity contribution is -0.154. The molecule has 7 rings (SSSR count). The van der Waals surface area contributed by atoms with Crippen LogP contribution in [0.1, 0.15) is 39.8 Å². The maximum absolute atomic E-state index is 13.5. The number of nitrogens with one attached hydrogen (secondary N) is 1. The lowest BCUT2D eigenvalue weighted by Crippen LogP contribution is -2.41. The van der Waals surface area contributed by atoms with E-state index in [9.17, 15) is 19.2 Å². The van der Waals surface area contributed by atoms with E-state index in [4.69, 9.17) is 9.26 Å². The number of aryl methyl sites for hydroxylation is 1. The highest BCUT2D eigenvalue weighted by Crippen LogP contribution is 2.60. The van der Waals surface area contributed by atoms with Crippen LogP contribution in [0.25, 0.3) is 0 Å². The molecule has 1 fully saturated rings. The third-order valence-corrected chi connectivity index (χ3v) is 7.09. The van der Waals surface area contributed by atoms with Crippen molar-refractivity contribution < 1.29 is 28.4 Å². The molecule has 2 atom stereocenters. The predicted molar refractivity (Wildman–Crippen MR) is 121 cm³/mol. The largest absolute Gasteiger partial charge is 0.454 e. The van der Waals surface area contributed by atoms with Crippen LogP contribution >= 0.6 is 0 Å². The number of benzene rings is 2. The van der Waals surface area contributed by atoms with Crippen LogP contribution in [0.3, 0.4) is 0 Å². The van der Waals surface area contributed by atoms with Crippen LogP contribution in [0.4, 0.5) is 5.82 Å². The number of aromatic nitrogens is 1. The highest BCUT2D eigenvalue weighted by atomic mass is 16.5. The van der Waals surface area contributed by atoms with Gasteiger partial charge in [-0.3, -0.25) is 24.1 Å². The summed E-state index contributed by atoms with van der Waals surface area (Å²) in [6.45, 7) is 0.566. The van der Waals surface area contributed by atoms with E-state index >= 15 is 0 Å². The van der Waals surface area contributed by atoms with E-state index in [1.807, 2.05) is 48.5 Å². The third-order valence-electron chi connectivity index (χ3n) is 7.09. The molecule has 9 nitrogen and oxygen atoms in total. The number of esters is 1. The Morgan fingerprint density at radius 3 is 1.91 bits per heavy atom. The van der Waals surface area contributed by atoms with Crippen molar-refractivity contribution in [3.05, 3.63) is 82.6 Å². The van der Waals surface area contributed by atoms with E-state index in [0.29, 0.717) is 5.76 Å². The zero-order valence-electron chi connectivity index (χ0n) is 18.8. The topological polar surface area (TPSA) is 119 Å². The van der Waals surface area contributed by atoms with Crippen LogP contribution < -0.4 is 5.32 Å². The standard InChI is InChI=1S/C26H21N3O6/c1-13-10-18(28-35-13)27-19(30)12-34-20(31)11-29-25(32)23-21-14-6-2-3-7-15(14)22(24(23)26(29)33)17-9-5-4-8-16(17)21/h2-10,21-24H,11-12H2,1H3,(H,27,28,30)/t21?,22?,23-,24+. The van der Waals surface area contributed by atoms with Gasteiger partial charge in [0.1, 0.15) is 12.3 Å². The summed E-state index contributed by atoms with van der Waals surface area (Å²) in [5.41, 5.74) is 4.23. The molecule has 4 aliphatic rings. The number of imide groups is 1. The van der Waals surface area contributed by atoms with E-state index in [1.54, 1.807) is 6.92 Å². The molecule has 1 saturated heterocycles. The normalized spacial score (nSPS) is 23.5. The highest BCUT2D eigenvalue weighted by Gasteiger charge is 2.61. The van der Waals surface area contributed by atoms with Gasteiger partial charge in [0.2, 0.25) is 11.8 Å². The molecule has 0 unspecified atom stereocenters. The number of hydrogen-bond donors (Lipinski definition) is 1. The van der Waals surface area contributed by atoms with Gasteiger partial charge >= 0.3 is 5.97 Å². The van der Waals surface area contributed by atoms with Crippen LogP contribution in [0.5, 0.6) is 0 Å². The van der Waals surface area contributed by atoms with Crippen molar-refractivity contribution in [1.82, 2.24) is 10.1 Å².